The van der Waals surface area contributed by atoms with Crippen molar-refractivity contribution in [2.75, 3.05) is 6.54 Å². The number of hydrogen-bond donors (Lipinski definition) is 3. The Bertz CT molecular complexity index is 530. The number of benzene rings is 1. The van der Waals surface area contributed by atoms with Gasteiger partial charge in [0.25, 0.3) is 5.91 Å². The molecule has 0 aliphatic heterocycles. The first-order chi connectivity index (χ1) is 9.70. The lowest BCUT2D eigenvalue weighted by molar-refractivity contribution is -0.135. The topological polar surface area (TPSA) is 95.5 Å². The Morgan fingerprint density at radius 1 is 1.05 bits per heavy atom. The minimum Gasteiger partial charge on any atom is -0.480 e. The van der Waals surface area contributed by atoms with Crippen LogP contribution in [0.2, 0.25) is 0 Å². The van der Waals surface area contributed by atoms with Crippen molar-refractivity contribution in [2.45, 2.75) is 27.3 Å². The Morgan fingerprint density at radius 2 is 1.62 bits per heavy atom. The number of rotatable bonds is 5. The monoisotopic (exact) mass is 292 g/mol. The molecule has 1 aromatic rings. The minimum absolute atomic E-state index is 0.0502. The molecule has 2 amide bonds. The quantitative estimate of drug-likeness (QED) is 0.759. The SMILES string of the molecule is CC(C)(C)C(=O)NCc1ccc(C(=O)NCC(=O)O)cc1. The molecule has 0 atom stereocenters. The van der Waals surface area contributed by atoms with Crippen molar-refractivity contribution >= 4 is 17.8 Å². The average Bonchev–Trinajstić information content (AvgIpc) is 2.41. The fourth-order valence-electron chi connectivity index (χ4n) is 1.48. The third kappa shape index (κ3) is 5.64. The molecule has 0 unspecified atom stereocenters. The molecule has 1 aromatic carbocycles. The maximum Gasteiger partial charge on any atom is 0.322 e. The minimum atomic E-state index is -1.09. The van der Waals surface area contributed by atoms with Crippen molar-refractivity contribution < 1.29 is 19.5 Å². The highest BCUT2D eigenvalue weighted by Crippen LogP contribution is 2.13. The summed E-state index contributed by atoms with van der Waals surface area (Å²) >= 11 is 0. The number of hydrogen-bond acceptors (Lipinski definition) is 3. The Kier molecular flexibility index (Phi) is 5.46. The molecule has 0 saturated carbocycles. The van der Waals surface area contributed by atoms with Crippen molar-refractivity contribution in [1.29, 1.82) is 0 Å². The van der Waals surface area contributed by atoms with Crippen molar-refractivity contribution in [3.63, 3.8) is 0 Å². The molecule has 0 aliphatic carbocycles. The van der Waals surface area contributed by atoms with E-state index in [-0.39, 0.29) is 5.91 Å². The molecule has 6 heteroatoms. The van der Waals surface area contributed by atoms with E-state index in [1.807, 2.05) is 20.8 Å². The van der Waals surface area contributed by atoms with Gasteiger partial charge in [-0.1, -0.05) is 32.9 Å². The third-order valence-corrected chi connectivity index (χ3v) is 2.75. The van der Waals surface area contributed by atoms with E-state index in [4.69, 9.17) is 5.11 Å². The van der Waals surface area contributed by atoms with Gasteiger partial charge in [0.05, 0.1) is 0 Å². The van der Waals surface area contributed by atoms with Gasteiger partial charge in [0, 0.05) is 17.5 Å². The second kappa shape index (κ2) is 6.88. The maximum atomic E-state index is 11.7. The van der Waals surface area contributed by atoms with E-state index in [2.05, 4.69) is 10.6 Å². The second-order valence-corrected chi connectivity index (χ2v) is 5.71. The van der Waals surface area contributed by atoms with Crippen molar-refractivity contribution in [2.24, 2.45) is 5.41 Å². The molecule has 0 bridgehead atoms. The molecule has 0 fully saturated rings. The first kappa shape index (κ1) is 16.7. The average molecular weight is 292 g/mol. The molecule has 1 rings (SSSR count). The van der Waals surface area contributed by atoms with Crippen LogP contribution in [0, 0.1) is 5.41 Å². The molecule has 3 N–H and O–H groups in total. The summed E-state index contributed by atoms with van der Waals surface area (Å²) in [4.78, 5) is 33.7. The van der Waals surface area contributed by atoms with Gasteiger partial charge in [0.2, 0.25) is 5.91 Å². The van der Waals surface area contributed by atoms with Gasteiger partial charge in [-0.3, -0.25) is 14.4 Å². The largest absolute Gasteiger partial charge is 0.480 e. The first-order valence-electron chi connectivity index (χ1n) is 6.57. The molecule has 0 radical (unpaired) electrons. The van der Waals surface area contributed by atoms with Gasteiger partial charge in [-0.15, -0.1) is 0 Å². The molecule has 21 heavy (non-hydrogen) atoms. The van der Waals surface area contributed by atoms with Gasteiger partial charge in [-0.05, 0) is 17.7 Å². The van der Waals surface area contributed by atoms with E-state index < -0.39 is 23.8 Å². The first-order valence-corrected chi connectivity index (χ1v) is 6.57. The number of carboxylic acid groups (broad SMARTS) is 1. The van der Waals surface area contributed by atoms with Crippen LogP contribution in [0.25, 0.3) is 0 Å². The molecular weight excluding hydrogens is 272 g/mol. The Balaban J connectivity index is 2.56. The van der Waals surface area contributed by atoms with E-state index in [1.54, 1.807) is 24.3 Å². The lowest BCUT2D eigenvalue weighted by Crippen LogP contribution is -2.34. The molecule has 0 spiro atoms. The number of carboxylic acids is 1. The Labute approximate surface area is 123 Å². The van der Waals surface area contributed by atoms with Gasteiger partial charge in [-0.25, -0.2) is 0 Å². The molecule has 0 aliphatic rings. The summed E-state index contributed by atoms with van der Waals surface area (Å²) in [6.07, 6.45) is 0. The summed E-state index contributed by atoms with van der Waals surface area (Å²) in [5.41, 5.74) is 0.793. The number of aliphatic carboxylic acids is 1. The molecule has 0 heterocycles. The fourth-order valence-corrected chi connectivity index (χ4v) is 1.48. The third-order valence-electron chi connectivity index (χ3n) is 2.75. The lowest BCUT2D eigenvalue weighted by Gasteiger charge is -2.17. The second-order valence-electron chi connectivity index (χ2n) is 5.71. The highest BCUT2D eigenvalue weighted by atomic mass is 16.4. The highest BCUT2D eigenvalue weighted by Gasteiger charge is 2.20. The summed E-state index contributed by atoms with van der Waals surface area (Å²) < 4.78 is 0. The maximum absolute atomic E-state index is 11.7. The number of carbonyl (C=O) groups is 3. The van der Waals surface area contributed by atoms with Crippen LogP contribution >= 0.6 is 0 Å². The summed E-state index contributed by atoms with van der Waals surface area (Å²) in [5.74, 6) is -1.58. The summed E-state index contributed by atoms with van der Waals surface area (Å²) in [5, 5.41) is 13.6. The van der Waals surface area contributed by atoms with Crippen LogP contribution in [-0.2, 0) is 16.1 Å². The number of nitrogens with one attached hydrogen (secondary N) is 2. The molecule has 6 nitrogen and oxygen atoms in total. The lowest BCUT2D eigenvalue weighted by atomic mass is 9.95. The van der Waals surface area contributed by atoms with E-state index in [0.717, 1.165) is 5.56 Å². The van der Waals surface area contributed by atoms with Crippen molar-refractivity contribution in [3.8, 4) is 0 Å². The van der Waals surface area contributed by atoms with Gasteiger partial charge < -0.3 is 15.7 Å². The Morgan fingerprint density at radius 3 is 2.10 bits per heavy atom. The molecule has 0 saturated heterocycles. The zero-order valence-electron chi connectivity index (χ0n) is 12.4. The van der Waals surface area contributed by atoms with Gasteiger partial charge in [0.1, 0.15) is 6.54 Å². The van der Waals surface area contributed by atoms with Crippen LogP contribution in [0.1, 0.15) is 36.7 Å². The van der Waals surface area contributed by atoms with Gasteiger partial charge >= 0.3 is 5.97 Å². The van der Waals surface area contributed by atoms with Crippen molar-refractivity contribution in [3.05, 3.63) is 35.4 Å². The zero-order chi connectivity index (χ0) is 16.0. The number of amides is 2. The van der Waals surface area contributed by atoms with Crippen LogP contribution in [-0.4, -0.2) is 29.4 Å². The van der Waals surface area contributed by atoms with E-state index in [1.165, 1.54) is 0 Å². The van der Waals surface area contributed by atoms with Gasteiger partial charge in [-0.2, -0.15) is 0 Å². The van der Waals surface area contributed by atoms with Crippen LogP contribution in [0.5, 0.6) is 0 Å². The van der Waals surface area contributed by atoms with Crippen LogP contribution in [0.15, 0.2) is 24.3 Å². The Hall–Kier alpha value is -2.37. The van der Waals surface area contributed by atoms with E-state index in [0.29, 0.717) is 12.1 Å². The predicted octanol–water partition coefficient (Wildman–Crippen LogP) is 1.16. The van der Waals surface area contributed by atoms with Crippen molar-refractivity contribution in [1.82, 2.24) is 10.6 Å². The van der Waals surface area contributed by atoms with Crippen LogP contribution < -0.4 is 10.6 Å². The predicted molar refractivity (Wildman–Crippen MR) is 77.7 cm³/mol. The smallest absolute Gasteiger partial charge is 0.322 e. The standard InChI is InChI=1S/C15H20N2O4/c1-15(2,3)14(21)17-8-10-4-6-11(7-5-10)13(20)16-9-12(18)19/h4-7H,8-9H2,1-3H3,(H,16,20)(H,17,21)(H,18,19). The zero-order valence-corrected chi connectivity index (χ0v) is 12.4. The summed E-state index contributed by atoms with van der Waals surface area (Å²) in [6, 6.07) is 6.63. The van der Waals surface area contributed by atoms with Gasteiger partial charge in [0.15, 0.2) is 0 Å². The molecule has 114 valence electrons. The van der Waals surface area contributed by atoms with Crippen LogP contribution in [0.3, 0.4) is 0 Å². The fraction of sp³-hybridized carbons (Fsp3) is 0.400. The molecule has 0 aromatic heterocycles. The summed E-state index contributed by atoms with van der Waals surface area (Å²) in [7, 11) is 0. The summed E-state index contributed by atoms with van der Waals surface area (Å²) in [6.45, 7) is 5.46. The van der Waals surface area contributed by atoms with Crippen LogP contribution in [0.4, 0.5) is 0 Å². The normalized spacial score (nSPS) is 10.8. The number of carbonyl (C=O) groups excluding carboxylic acids is 2. The van der Waals surface area contributed by atoms with E-state index >= 15 is 0 Å². The van der Waals surface area contributed by atoms with E-state index in [9.17, 15) is 14.4 Å². The molecular formula is C15H20N2O4. The highest BCUT2D eigenvalue weighted by molar-refractivity contribution is 5.95.